The molecule has 3 N–H and O–H groups in total. The van der Waals surface area contributed by atoms with Gasteiger partial charge in [-0.15, -0.1) is 24.0 Å². The number of hydrogen-bond donors (Lipinski definition) is 2. The highest BCUT2D eigenvalue weighted by Gasteiger charge is 2.27. The van der Waals surface area contributed by atoms with E-state index in [-0.39, 0.29) is 42.4 Å². The number of ether oxygens (including phenoxy) is 1. The molecule has 0 radical (unpaired) electrons. The third-order valence-corrected chi connectivity index (χ3v) is 5.15. The van der Waals surface area contributed by atoms with Gasteiger partial charge in [-0.3, -0.25) is 4.99 Å². The van der Waals surface area contributed by atoms with E-state index in [2.05, 4.69) is 15.2 Å². The summed E-state index contributed by atoms with van der Waals surface area (Å²) in [5.74, 6) is 0.944. The molecule has 0 spiro atoms. The Hall–Kier alpha value is -0.820. The summed E-state index contributed by atoms with van der Waals surface area (Å²) in [6, 6.07) is 0. The van der Waals surface area contributed by atoms with Gasteiger partial charge in [0.1, 0.15) is 5.60 Å². The van der Waals surface area contributed by atoms with Crippen LogP contribution in [-0.4, -0.2) is 80.9 Å². The molecule has 1 heterocycles. The van der Waals surface area contributed by atoms with Crippen molar-refractivity contribution in [3.63, 3.8) is 0 Å². The Kier molecular flexibility index (Phi) is 12.4. The highest BCUT2D eigenvalue weighted by Crippen LogP contribution is 2.20. The number of nitrogens with two attached hydrogens (primary N) is 1. The number of carbonyl (C=O) groups excluding carboxylic acids is 1. The van der Waals surface area contributed by atoms with Crippen LogP contribution in [0.25, 0.3) is 0 Å². The largest absolute Gasteiger partial charge is 0.444 e. The lowest BCUT2D eigenvalue weighted by Gasteiger charge is -2.36. The van der Waals surface area contributed by atoms with Crippen molar-refractivity contribution in [1.82, 2.24) is 15.1 Å². The van der Waals surface area contributed by atoms with Crippen LogP contribution in [0.2, 0.25) is 0 Å². The molecule has 0 saturated carbocycles. The normalized spacial score (nSPS) is 16.2. The molecule has 0 atom stereocenters. The van der Waals surface area contributed by atoms with Gasteiger partial charge in [-0.25, -0.2) is 18.4 Å². The van der Waals surface area contributed by atoms with E-state index < -0.39 is 15.6 Å². The second-order valence-electron chi connectivity index (χ2n) is 8.05. The highest BCUT2D eigenvalue weighted by atomic mass is 127. The summed E-state index contributed by atoms with van der Waals surface area (Å²) in [5.41, 5.74) is -0.498. The molecule has 9 nitrogen and oxygen atoms in total. The first kappa shape index (κ1) is 28.2. The molecule has 1 fully saturated rings. The summed E-state index contributed by atoms with van der Waals surface area (Å²) >= 11 is 0. The van der Waals surface area contributed by atoms with Crippen LogP contribution in [0.4, 0.5) is 4.79 Å². The van der Waals surface area contributed by atoms with Gasteiger partial charge in [0.25, 0.3) is 0 Å². The fourth-order valence-corrected chi connectivity index (χ4v) is 3.35. The Bertz CT molecular complexity index is 629. The van der Waals surface area contributed by atoms with Crippen LogP contribution < -0.4 is 10.5 Å². The Morgan fingerprint density at radius 3 is 2.31 bits per heavy atom. The molecule has 0 aliphatic carbocycles. The zero-order valence-corrected chi connectivity index (χ0v) is 21.5. The number of carbonyl (C=O) groups is 1. The lowest BCUT2D eigenvalue weighted by molar-refractivity contribution is 0.0214. The lowest BCUT2D eigenvalue weighted by atomic mass is 9.96. The molecular weight excluding hydrogens is 509 g/mol. The average molecular weight is 548 g/mol. The number of amides is 1. The average Bonchev–Trinajstić information content (AvgIpc) is 2.57. The van der Waals surface area contributed by atoms with Gasteiger partial charge in [0, 0.05) is 32.7 Å². The van der Waals surface area contributed by atoms with Crippen LogP contribution >= 0.6 is 24.0 Å². The zero-order chi connectivity index (χ0) is 21.4. The van der Waals surface area contributed by atoms with E-state index in [1.165, 1.54) is 0 Å². The molecule has 0 unspecified atom stereocenters. The fourth-order valence-electron chi connectivity index (χ4n) is 3.00. The monoisotopic (exact) mass is 547 g/mol. The van der Waals surface area contributed by atoms with Gasteiger partial charge in [0.15, 0.2) is 5.96 Å². The number of guanidine groups is 1. The standard InChI is InChI=1S/C18H37N5O4S.HI/c1-6-20-16(21-10-13-28(19,25)26)23-11-8-15(9-12-23)14-22(7-2)17(24)27-18(3,4)5;/h15H,6-14H2,1-5H3,(H,20,21)(H2,19,25,26);1H. The maximum atomic E-state index is 12.3. The minimum Gasteiger partial charge on any atom is -0.444 e. The first-order chi connectivity index (χ1) is 12.9. The fraction of sp³-hybridized carbons (Fsp3) is 0.889. The Balaban J connectivity index is 0.00000784. The number of hydrogen-bond acceptors (Lipinski definition) is 5. The van der Waals surface area contributed by atoms with Gasteiger partial charge in [0.2, 0.25) is 10.0 Å². The van der Waals surface area contributed by atoms with Crippen molar-refractivity contribution < 1.29 is 17.9 Å². The summed E-state index contributed by atoms with van der Waals surface area (Å²) in [6.45, 7) is 13.3. The smallest absolute Gasteiger partial charge is 0.410 e. The molecule has 1 amide bonds. The van der Waals surface area contributed by atoms with Crippen molar-refractivity contribution in [2.45, 2.75) is 53.1 Å². The van der Waals surface area contributed by atoms with Crippen molar-refractivity contribution in [3.05, 3.63) is 0 Å². The van der Waals surface area contributed by atoms with Crippen molar-refractivity contribution >= 4 is 46.1 Å². The maximum absolute atomic E-state index is 12.3. The van der Waals surface area contributed by atoms with E-state index in [0.29, 0.717) is 31.5 Å². The molecule has 0 aromatic carbocycles. The maximum Gasteiger partial charge on any atom is 0.410 e. The van der Waals surface area contributed by atoms with E-state index in [1.807, 2.05) is 34.6 Å². The minimum absolute atomic E-state index is 0. The van der Waals surface area contributed by atoms with Crippen molar-refractivity contribution in [3.8, 4) is 0 Å². The van der Waals surface area contributed by atoms with Crippen molar-refractivity contribution in [2.75, 3.05) is 45.0 Å². The summed E-state index contributed by atoms with van der Waals surface area (Å²) in [4.78, 5) is 20.6. The number of piperidine rings is 1. The van der Waals surface area contributed by atoms with Crippen LogP contribution in [0.15, 0.2) is 4.99 Å². The summed E-state index contributed by atoms with van der Waals surface area (Å²) in [6.07, 6.45) is 1.59. The highest BCUT2D eigenvalue weighted by molar-refractivity contribution is 14.0. The van der Waals surface area contributed by atoms with E-state index >= 15 is 0 Å². The van der Waals surface area contributed by atoms with E-state index in [0.717, 1.165) is 25.9 Å². The molecule has 1 saturated heterocycles. The van der Waals surface area contributed by atoms with Crippen molar-refractivity contribution in [2.24, 2.45) is 16.0 Å². The Labute approximate surface area is 192 Å². The molecular formula is C18H38IN5O4S. The molecule has 29 heavy (non-hydrogen) atoms. The van der Waals surface area contributed by atoms with Gasteiger partial charge in [-0.05, 0) is 53.4 Å². The molecule has 0 bridgehead atoms. The van der Waals surface area contributed by atoms with E-state index in [4.69, 9.17) is 9.88 Å². The van der Waals surface area contributed by atoms with Gasteiger partial charge in [-0.2, -0.15) is 0 Å². The predicted molar refractivity (Wildman–Crippen MR) is 127 cm³/mol. The third kappa shape index (κ3) is 11.8. The van der Waals surface area contributed by atoms with E-state index in [1.54, 1.807) is 4.90 Å². The predicted octanol–water partition coefficient (Wildman–Crippen LogP) is 1.83. The van der Waals surface area contributed by atoms with Crippen LogP contribution in [0, 0.1) is 5.92 Å². The van der Waals surface area contributed by atoms with Gasteiger partial charge >= 0.3 is 6.09 Å². The number of nitrogens with one attached hydrogen (secondary N) is 1. The molecule has 0 aromatic heterocycles. The molecule has 1 rings (SSSR count). The van der Waals surface area contributed by atoms with Crippen molar-refractivity contribution in [1.29, 1.82) is 0 Å². The lowest BCUT2D eigenvalue weighted by Crippen LogP contribution is -2.48. The number of primary sulfonamides is 1. The molecule has 1 aliphatic heterocycles. The van der Waals surface area contributed by atoms with E-state index in [9.17, 15) is 13.2 Å². The first-order valence-corrected chi connectivity index (χ1v) is 11.7. The molecule has 0 aromatic rings. The van der Waals surface area contributed by atoms with Gasteiger partial charge in [-0.1, -0.05) is 0 Å². The van der Waals surface area contributed by atoms with Crippen LogP contribution in [0.1, 0.15) is 47.5 Å². The number of likely N-dealkylation sites (tertiary alicyclic amines) is 1. The third-order valence-electron chi connectivity index (χ3n) is 4.40. The second kappa shape index (κ2) is 12.8. The summed E-state index contributed by atoms with van der Waals surface area (Å²) in [7, 11) is -3.51. The van der Waals surface area contributed by atoms with Gasteiger partial charge < -0.3 is 19.9 Å². The number of halogens is 1. The topological polar surface area (TPSA) is 117 Å². The molecule has 172 valence electrons. The van der Waals surface area contributed by atoms with Crippen LogP contribution in [-0.2, 0) is 14.8 Å². The first-order valence-electron chi connectivity index (χ1n) is 9.96. The SMILES string of the molecule is CCNC(=NCCS(N)(=O)=O)N1CCC(CN(CC)C(=O)OC(C)(C)C)CC1.I. The number of rotatable bonds is 7. The van der Waals surface area contributed by atoms with Gasteiger partial charge in [0.05, 0.1) is 12.3 Å². The number of aliphatic imine (C=N–C) groups is 1. The summed E-state index contributed by atoms with van der Waals surface area (Å²) < 4.78 is 27.7. The Morgan fingerprint density at radius 1 is 1.28 bits per heavy atom. The summed E-state index contributed by atoms with van der Waals surface area (Å²) in [5, 5.41) is 8.25. The molecule has 1 aliphatic rings. The minimum atomic E-state index is -3.51. The van der Waals surface area contributed by atoms with Crippen LogP contribution in [0.5, 0.6) is 0 Å². The second-order valence-corrected chi connectivity index (χ2v) is 9.79. The zero-order valence-electron chi connectivity index (χ0n) is 18.3. The quantitative estimate of drug-likeness (QED) is 0.285. The number of nitrogens with zero attached hydrogens (tertiary/aromatic N) is 3. The molecule has 11 heteroatoms. The Morgan fingerprint density at radius 2 is 1.86 bits per heavy atom. The van der Waals surface area contributed by atoms with Crippen LogP contribution in [0.3, 0.4) is 0 Å². The number of sulfonamides is 1.